The van der Waals surface area contributed by atoms with Crippen molar-refractivity contribution in [2.45, 2.75) is 13.0 Å². The van der Waals surface area contributed by atoms with Crippen molar-refractivity contribution < 1.29 is 4.79 Å². The van der Waals surface area contributed by atoms with Crippen LogP contribution in [-0.2, 0) is 4.79 Å². The molecule has 0 fully saturated rings. The highest BCUT2D eigenvalue weighted by atomic mass is 16.2. The van der Waals surface area contributed by atoms with Gasteiger partial charge in [-0.2, -0.15) is 5.26 Å². The highest BCUT2D eigenvalue weighted by molar-refractivity contribution is 5.93. The van der Waals surface area contributed by atoms with Gasteiger partial charge in [-0.1, -0.05) is 6.07 Å². The summed E-state index contributed by atoms with van der Waals surface area (Å²) in [5.41, 5.74) is 0.479. The summed E-state index contributed by atoms with van der Waals surface area (Å²) in [7, 11) is 0. The fraction of sp³-hybridized carbons (Fsp3) is 0.143. The van der Waals surface area contributed by atoms with Crippen LogP contribution in [0.4, 0.5) is 5.69 Å². The van der Waals surface area contributed by atoms with Crippen molar-refractivity contribution in [2.24, 2.45) is 0 Å². The topological polar surface area (TPSA) is 87.8 Å². The molecule has 1 amide bonds. The minimum Gasteiger partial charge on any atom is -0.324 e. The minimum atomic E-state index is -0.693. The molecule has 0 aliphatic rings. The minimum absolute atomic E-state index is 0.352. The third-order valence-electron chi connectivity index (χ3n) is 2.79. The van der Waals surface area contributed by atoms with E-state index >= 15 is 0 Å². The van der Waals surface area contributed by atoms with Gasteiger partial charge in [0.05, 0.1) is 11.6 Å². The number of aromatic nitrogens is 2. The van der Waals surface area contributed by atoms with Crippen LogP contribution in [0.5, 0.6) is 0 Å². The molecule has 0 aliphatic carbocycles. The average molecular weight is 268 g/mol. The molecule has 1 aromatic carbocycles. The molecule has 0 radical (unpaired) electrons. The first kappa shape index (κ1) is 13.5. The maximum atomic E-state index is 12.1. The number of benzene rings is 1. The second kappa shape index (κ2) is 5.80. The third-order valence-corrected chi connectivity index (χ3v) is 2.79. The van der Waals surface area contributed by atoms with Gasteiger partial charge in [-0.25, -0.2) is 9.78 Å². The lowest BCUT2D eigenvalue weighted by Crippen LogP contribution is -2.32. The molecule has 0 aliphatic heterocycles. The number of hydrogen-bond acceptors (Lipinski definition) is 4. The van der Waals surface area contributed by atoms with E-state index in [4.69, 9.17) is 5.26 Å². The summed E-state index contributed by atoms with van der Waals surface area (Å²) >= 11 is 0. The van der Waals surface area contributed by atoms with Gasteiger partial charge >= 0.3 is 5.69 Å². The Hall–Kier alpha value is -2.94. The lowest BCUT2D eigenvalue weighted by atomic mass is 10.2. The van der Waals surface area contributed by atoms with Crippen LogP contribution in [0.15, 0.2) is 47.5 Å². The fourth-order valence-electron chi connectivity index (χ4n) is 1.70. The molecule has 0 spiro atoms. The van der Waals surface area contributed by atoms with Crippen LogP contribution < -0.4 is 11.0 Å². The quantitative estimate of drug-likeness (QED) is 0.909. The number of nitriles is 1. The Morgan fingerprint density at radius 1 is 1.45 bits per heavy atom. The van der Waals surface area contributed by atoms with Crippen molar-refractivity contribution in [3.8, 4) is 6.07 Å². The Morgan fingerprint density at radius 2 is 2.25 bits per heavy atom. The van der Waals surface area contributed by atoms with Crippen molar-refractivity contribution in [3.05, 3.63) is 58.8 Å². The number of anilines is 1. The summed E-state index contributed by atoms with van der Waals surface area (Å²) in [6.45, 7) is 1.60. The normalized spacial score (nSPS) is 11.4. The molecule has 1 N–H and O–H groups in total. The van der Waals surface area contributed by atoms with Crippen LogP contribution in [0.25, 0.3) is 0 Å². The van der Waals surface area contributed by atoms with Crippen LogP contribution in [0.2, 0.25) is 0 Å². The zero-order chi connectivity index (χ0) is 14.5. The summed E-state index contributed by atoms with van der Waals surface area (Å²) in [6.07, 6.45) is 2.88. The molecular formula is C14H12N4O2. The number of nitrogens with zero attached hydrogens (tertiary/aromatic N) is 3. The maximum Gasteiger partial charge on any atom is 0.348 e. The van der Waals surface area contributed by atoms with Crippen molar-refractivity contribution in [1.82, 2.24) is 9.55 Å². The van der Waals surface area contributed by atoms with Gasteiger partial charge in [0.25, 0.3) is 0 Å². The van der Waals surface area contributed by atoms with Gasteiger partial charge in [-0.15, -0.1) is 0 Å². The first-order valence-corrected chi connectivity index (χ1v) is 5.96. The molecule has 0 saturated carbocycles. The number of amides is 1. The van der Waals surface area contributed by atoms with E-state index in [1.165, 1.54) is 17.0 Å². The molecule has 1 aromatic heterocycles. The smallest absolute Gasteiger partial charge is 0.324 e. The van der Waals surface area contributed by atoms with Crippen molar-refractivity contribution in [1.29, 1.82) is 5.26 Å². The van der Waals surface area contributed by atoms with E-state index in [-0.39, 0.29) is 5.91 Å². The average Bonchev–Trinajstić information content (AvgIpc) is 2.47. The fourth-order valence-corrected chi connectivity index (χ4v) is 1.70. The summed E-state index contributed by atoms with van der Waals surface area (Å²) in [6, 6.07) is 9.45. The molecule has 2 rings (SSSR count). The molecule has 1 heterocycles. The van der Waals surface area contributed by atoms with E-state index < -0.39 is 11.7 Å². The maximum absolute atomic E-state index is 12.1. The molecule has 6 heteroatoms. The van der Waals surface area contributed by atoms with Gasteiger partial charge in [-0.05, 0) is 31.2 Å². The Morgan fingerprint density at radius 3 is 2.95 bits per heavy atom. The van der Waals surface area contributed by atoms with E-state index in [9.17, 15) is 9.59 Å². The van der Waals surface area contributed by atoms with E-state index in [2.05, 4.69) is 10.3 Å². The zero-order valence-corrected chi connectivity index (χ0v) is 10.8. The van der Waals surface area contributed by atoms with Crippen LogP contribution in [0.1, 0.15) is 18.5 Å². The van der Waals surface area contributed by atoms with Crippen LogP contribution >= 0.6 is 0 Å². The van der Waals surface area contributed by atoms with Gasteiger partial charge in [-0.3, -0.25) is 9.36 Å². The van der Waals surface area contributed by atoms with Crippen LogP contribution in [0.3, 0.4) is 0 Å². The number of nitrogens with one attached hydrogen (secondary N) is 1. The molecule has 100 valence electrons. The zero-order valence-electron chi connectivity index (χ0n) is 10.8. The number of carbonyl (C=O) groups excluding carboxylic acids is 1. The summed E-state index contributed by atoms with van der Waals surface area (Å²) in [4.78, 5) is 27.2. The van der Waals surface area contributed by atoms with Gasteiger partial charge in [0.15, 0.2) is 0 Å². The Labute approximate surface area is 115 Å². The SMILES string of the molecule is CC(C(=O)Nc1cccc(C#N)c1)n1cccnc1=O. The molecule has 6 nitrogen and oxygen atoms in total. The van der Waals surface area contributed by atoms with E-state index in [1.807, 2.05) is 6.07 Å². The van der Waals surface area contributed by atoms with E-state index in [1.54, 1.807) is 37.3 Å². The lowest BCUT2D eigenvalue weighted by Gasteiger charge is -2.14. The first-order valence-electron chi connectivity index (χ1n) is 5.96. The standard InChI is InChI=1S/C14H12N4O2/c1-10(18-7-3-6-16-14(18)20)13(19)17-12-5-2-4-11(8-12)9-15/h2-8,10H,1H3,(H,17,19). The van der Waals surface area contributed by atoms with Gasteiger partial charge < -0.3 is 5.32 Å². The predicted octanol–water partition coefficient (Wildman–Crippen LogP) is 1.31. The predicted molar refractivity (Wildman–Crippen MR) is 73.0 cm³/mol. The van der Waals surface area contributed by atoms with Crippen molar-refractivity contribution >= 4 is 11.6 Å². The monoisotopic (exact) mass is 268 g/mol. The van der Waals surface area contributed by atoms with Gasteiger partial charge in [0.2, 0.25) is 5.91 Å². The second-order valence-corrected chi connectivity index (χ2v) is 4.17. The Balaban J connectivity index is 2.18. The van der Waals surface area contributed by atoms with E-state index in [0.29, 0.717) is 11.3 Å². The first-order chi connectivity index (χ1) is 9.61. The molecule has 1 atom stereocenters. The van der Waals surface area contributed by atoms with E-state index in [0.717, 1.165) is 0 Å². The highest BCUT2D eigenvalue weighted by Crippen LogP contribution is 2.12. The Kier molecular flexibility index (Phi) is 3.91. The second-order valence-electron chi connectivity index (χ2n) is 4.17. The molecule has 2 aromatic rings. The van der Waals surface area contributed by atoms with Gasteiger partial charge in [0, 0.05) is 18.1 Å². The molecule has 1 unspecified atom stereocenters. The summed E-state index contributed by atoms with van der Waals surface area (Å²) in [5, 5.41) is 11.5. The molecular weight excluding hydrogens is 256 g/mol. The van der Waals surface area contributed by atoms with Crippen LogP contribution in [0, 0.1) is 11.3 Å². The number of rotatable bonds is 3. The van der Waals surface area contributed by atoms with Crippen molar-refractivity contribution in [2.75, 3.05) is 5.32 Å². The van der Waals surface area contributed by atoms with Gasteiger partial charge in [0.1, 0.15) is 6.04 Å². The highest BCUT2D eigenvalue weighted by Gasteiger charge is 2.16. The summed E-state index contributed by atoms with van der Waals surface area (Å²) in [5.74, 6) is -0.352. The lowest BCUT2D eigenvalue weighted by molar-refractivity contribution is -0.118. The Bertz CT molecular complexity index is 730. The van der Waals surface area contributed by atoms with Crippen LogP contribution in [-0.4, -0.2) is 15.5 Å². The summed E-state index contributed by atoms with van der Waals surface area (Å²) < 4.78 is 1.24. The largest absolute Gasteiger partial charge is 0.348 e. The molecule has 0 bridgehead atoms. The molecule has 20 heavy (non-hydrogen) atoms. The number of carbonyl (C=O) groups is 1. The number of hydrogen-bond donors (Lipinski definition) is 1. The molecule has 0 saturated heterocycles. The third kappa shape index (κ3) is 2.90. The van der Waals surface area contributed by atoms with Crippen molar-refractivity contribution in [3.63, 3.8) is 0 Å².